The molecule has 6 heteroatoms. The standard InChI is InChI=1S/C13H26N2O4/c1-6-18-13(17)15(5)8-10-7-11(14(3)4)12(16)9(2)19-10/h9-12,16H,6-8H2,1-5H3/t9-,10-,11-,12-/m0/s1. The second-order valence-corrected chi connectivity index (χ2v) is 5.30. The zero-order valence-electron chi connectivity index (χ0n) is 12.5. The summed E-state index contributed by atoms with van der Waals surface area (Å²) < 4.78 is 10.7. The summed E-state index contributed by atoms with van der Waals surface area (Å²) in [6.07, 6.45) is -0.463. The van der Waals surface area contributed by atoms with Crippen LogP contribution < -0.4 is 0 Å². The Hall–Kier alpha value is -0.850. The van der Waals surface area contributed by atoms with Gasteiger partial charge >= 0.3 is 6.09 Å². The van der Waals surface area contributed by atoms with E-state index in [0.717, 1.165) is 0 Å². The van der Waals surface area contributed by atoms with E-state index in [-0.39, 0.29) is 24.3 Å². The van der Waals surface area contributed by atoms with Gasteiger partial charge in [0.05, 0.1) is 24.9 Å². The molecule has 1 saturated heterocycles. The van der Waals surface area contributed by atoms with E-state index in [1.54, 1.807) is 14.0 Å². The van der Waals surface area contributed by atoms with E-state index in [1.165, 1.54) is 4.90 Å². The summed E-state index contributed by atoms with van der Waals surface area (Å²) >= 11 is 0. The fourth-order valence-electron chi connectivity index (χ4n) is 2.41. The van der Waals surface area contributed by atoms with Crippen molar-refractivity contribution in [3.05, 3.63) is 0 Å². The van der Waals surface area contributed by atoms with Gasteiger partial charge in [0, 0.05) is 19.6 Å². The predicted octanol–water partition coefficient (Wildman–Crippen LogP) is 0.543. The third-order valence-electron chi connectivity index (χ3n) is 3.51. The highest BCUT2D eigenvalue weighted by Crippen LogP contribution is 2.23. The lowest BCUT2D eigenvalue weighted by Gasteiger charge is -2.41. The molecule has 0 bridgehead atoms. The Kier molecular flexibility index (Phi) is 6.03. The van der Waals surface area contributed by atoms with Crippen molar-refractivity contribution in [3.63, 3.8) is 0 Å². The molecular weight excluding hydrogens is 248 g/mol. The number of carbonyl (C=O) groups excluding carboxylic acids is 1. The molecule has 0 aliphatic carbocycles. The van der Waals surface area contributed by atoms with Gasteiger partial charge in [-0.25, -0.2) is 4.79 Å². The van der Waals surface area contributed by atoms with Crippen LogP contribution in [-0.4, -0.2) is 79.6 Å². The first-order valence-corrected chi connectivity index (χ1v) is 6.74. The maximum Gasteiger partial charge on any atom is 0.409 e. The zero-order chi connectivity index (χ0) is 14.6. The molecule has 1 amide bonds. The fraction of sp³-hybridized carbons (Fsp3) is 0.923. The van der Waals surface area contributed by atoms with Crippen LogP contribution in [0.3, 0.4) is 0 Å². The minimum absolute atomic E-state index is 0.0457. The molecule has 4 atom stereocenters. The van der Waals surface area contributed by atoms with Crippen molar-refractivity contribution >= 4 is 6.09 Å². The van der Waals surface area contributed by atoms with Crippen LogP contribution in [0.15, 0.2) is 0 Å². The number of aliphatic hydroxyl groups excluding tert-OH is 1. The highest BCUT2D eigenvalue weighted by molar-refractivity contribution is 5.67. The lowest BCUT2D eigenvalue weighted by atomic mass is 9.95. The van der Waals surface area contributed by atoms with Gasteiger partial charge in [0.25, 0.3) is 0 Å². The molecule has 0 radical (unpaired) electrons. The summed E-state index contributed by atoms with van der Waals surface area (Å²) in [6, 6.07) is 0.0457. The molecule has 1 aliphatic rings. The minimum atomic E-state index is -0.501. The third kappa shape index (κ3) is 4.33. The topological polar surface area (TPSA) is 62.2 Å². The molecule has 0 spiro atoms. The van der Waals surface area contributed by atoms with E-state index in [2.05, 4.69) is 0 Å². The van der Waals surface area contributed by atoms with Crippen molar-refractivity contribution in [2.75, 3.05) is 34.3 Å². The van der Waals surface area contributed by atoms with Gasteiger partial charge in [-0.15, -0.1) is 0 Å². The molecule has 1 fully saturated rings. The summed E-state index contributed by atoms with van der Waals surface area (Å²) in [4.78, 5) is 15.1. The smallest absolute Gasteiger partial charge is 0.409 e. The third-order valence-corrected chi connectivity index (χ3v) is 3.51. The first-order chi connectivity index (χ1) is 8.86. The van der Waals surface area contributed by atoms with E-state index in [0.29, 0.717) is 19.6 Å². The number of aliphatic hydroxyl groups is 1. The SMILES string of the molecule is CCOC(=O)N(C)C[C@@H]1C[C@H](N(C)C)[C@@H](O)[C@H](C)O1. The minimum Gasteiger partial charge on any atom is -0.450 e. The lowest BCUT2D eigenvalue weighted by Crippen LogP contribution is -2.55. The van der Waals surface area contributed by atoms with Crippen molar-refractivity contribution in [1.29, 1.82) is 0 Å². The van der Waals surface area contributed by atoms with Crippen LogP contribution in [0.25, 0.3) is 0 Å². The van der Waals surface area contributed by atoms with Crippen molar-refractivity contribution in [3.8, 4) is 0 Å². The van der Waals surface area contributed by atoms with Gasteiger partial charge in [-0.3, -0.25) is 0 Å². The second-order valence-electron chi connectivity index (χ2n) is 5.30. The van der Waals surface area contributed by atoms with Gasteiger partial charge in [0.15, 0.2) is 0 Å². The monoisotopic (exact) mass is 274 g/mol. The summed E-state index contributed by atoms with van der Waals surface area (Å²) in [7, 11) is 5.58. The summed E-state index contributed by atoms with van der Waals surface area (Å²) in [6.45, 7) is 4.48. The molecule has 0 aromatic heterocycles. The number of rotatable bonds is 4. The Bertz CT molecular complexity index is 298. The lowest BCUT2D eigenvalue weighted by molar-refractivity contribution is -0.143. The normalized spacial score (nSPS) is 31.3. The summed E-state index contributed by atoms with van der Waals surface area (Å²) in [5.74, 6) is 0. The molecule has 0 aromatic rings. The van der Waals surface area contributed by atoms with Crippen LogP contribution in [0.2, 0.25) is 0 Å². The summed E-state index contributed by atoms with van der Waals surface area (Å²) in [5.41, 5.74) is 0. The van der Waals surface area contributed by atoms with Gasteiger partial charge in [-0.1, -0.05) is 0 Å². The number of carbonyl (C=O) groups is 1. The average Bonchev–Trinajstić information content (AvgIpc) is 2.33. The van der Waals surface area contributed by atoms with E-state index < -0.39 is 6.10 Å². The van der Waals surface area contributed by atoms with E-state index in [9.17, 15) is 9.90 Å². The molecule has 0 saturated carbocycles. The number of nitrogens with zero attached hydrogens (tertiary/aromatic N) is 2. The van der Waals surface area contributed by atoms with Crippen molar-refractivity contribution in [2.45, 2.75) is 44.6 Å². The molecule has 19 heavy (non-hydrogen) atoms. The Balaban J connectivity index is 2.57. The van der Waals surface area contributed by atoms with Crippen molar-refractivity contribution < 1.29 is 19.4 Å². The molecule has 1 heterocycles. The highest BCUT2D eigenvalue weighted by Gasteiger charge is 2.37. The quantitative estimate of drug-likeness (QED) is 0.811. The number of likely N-dealkylation sites (N-methyl/N-ethyl adjacent to an activating group) is 2. The maximum atomic E-state index is 11.6. The van der Waals surface area contributed by atoms with Gasteiger partial charge in [-0.2, -0.15) is 0 Å². The van der Waals surface area contributed by atoms with Gasteiger partial charge < -0.3 is 24.4 Å². The fourth-order valence-corrected chi connectivity index (χ4v) is 2.41. The molecule has 1 rings (SSSR count). The summed E-state index contributed by atoms with van der Waals surface area (Å²) in [5, 5.41) is 10.1. The molecular formula is C13H26N2O4. The van der Waals surface area contributed by atoms with E-state index >= 15 is 0 Å². The van der Waals surface area contributed by atoms with Crippen LogP contribution in [0.4, 0.5) is 4.79 Å². The number of hydrogen-bond donors (Lipinski definition) is 1. The largest absolute Gasteiger partial charge is 0.450 e. The highest BCUT2D eigenvalue weighted by atomic mass is 16.6. The molecule has 112 valence electrons. The first kappa shape index (κ1) is 16.2. The predicted molar refractivity (Wildman–Crippen MR) is 72.1 cm³/mol. The maximum absolute atomic E-state index is 11.6. The number of amides is 1. The van der Waals surface area contributed by atoms with Crippen LogP contribution >= 0.6 is 0 Å². The van der Waals surface area contributed by atoms with Crippen LogP contribution in [0, 0.1) is 0 Å². The Morgan fingerprint density at radius 1 is 1.42 bits per heavy atom. The molecule has 1 aliphatic heterocycles. The Morgan fingerprint density at radius 3 is 2.58 bits per heavy atom. The van der Waals surface area contributed by atoms with Crippen LogP contribution in [0.5, 0.6) is 0 Å². The number of ether oxygens (including phenoxy) is 2. The Labute approximate surface area is 115 Å². The van der Waals surface area contributed by atoms with Crippen molar-refractivity contribution in [1.82, 2.24) is 9.80 Å². The van der Waals surface area contributed by atoms with Crippen LogP contribution in [-0.2, 0) is 9.47 Å². The molecule has 6 nitrogen and oxygen atoms in total. The molecule has 0 aromatic carbocycles. The Morgan fingerprint density at radius 2 is 2.05 bits per heavy atom. The average molecular weight is 274 g/mol. The molecule has 0 unspecified atom stereocenters. The van der Waals surface area contributed by atoms with E-state index in [1.807, 2.05) is 25.9 Å². The van der Waals surface area contributed by atoms with E-state index in [4.69, 9.17) is 9.47 Å². The van der Waals surface area contributed by atoms with Gasteiger partial charge in [0.2, 0.25) is 0 Å². The van der Waals surface area contributed by atoms with Gasteiger partial charge in [-0.05, 0) is 34.4 Å². The van der Waals surface area contributed by atoms with Crippen LogP contribution in [0.1, 0.15) is 20.3 Å². The van der Waals surface area contributed by atoms with Crippen molar-refractivity contribution in [2.24, 2.45) is 0 Å². The first-order valence-electron chi connectivity index (χ1n) is 6.74. The van der Waals surface area contributed by atoms with Gasteiger partial charge in [0.1, 0.15) is 0 Å². The number of hydrogen-bond acceptors (Lipinski definition) is 5. The second kappa shape index (κ2) is 7.07. The molecule has 1 N–H and O–H groups in total. The zero-order valence-corrected chi connectivity index (χ0v) is 12.5.